The Balaban J connectivity index is 1.17. The zero-order chi connectivity index (χ0) is 25.5. The van der Waals surface area contributed by atoms with Crippen molar-refractivity contribution in [2.24, 2.45) is 0 Å². The van der Waals surface area contributed by atoms with Crippen LogP contribution in [0.1, 0.15) is 37.7 Å². The van der Waals surface area contributed by atoms with Crippen LogP contribution >= 0.6 is 11.8 Å². The highest BCUT2D eigenvalue weighted by atomic mass is 32.2. The van der Waals surface area contributed by atoms with Gasteiger partial charge in [-0.3, -0.25) is 4.79 Å². The van der Waals surface area contributed by atoms with Crippen molar-refractivity contribution in [2.45, 2.75) is 61.5 Å². The van der Waals surface area contributed by atoms with Gasteiger partial charge in [0, 0.05) is 67.5 Å². The predicted octanol–water partition coefficient (Wildman–Crippen LogP) is 5.98. The monoisotopic (exact) mass is 520 g/mol. The second-order valence-electron chi connectivity index (χ2n) is 9.77. The third-order valence-corrected chi connectivity index (χ3v) is 7.62. The van der Waals surface area contributed by atoms with Crippen molar-refractivity contribution in [1.29, 1.82) is 0 Å². The number of rotatable bonds is 8. The Kier molecular flexibility index (Phi) is 9.06. The van der Waals surface area contributed by atoms with E-state index in [0.717, 1.165) is 57.5 Å². The number of nitrogens with zero attached hydrogens (tertiary/aromatic N) is 2. The maximum Gasteiger partial charge on any atom is 0.446 e. The minimum Gasteiger partial charge on any atom is -0.382 e. The van der Waals surface area contributed by atoms with E-state index in [1.807, 2.05) is 4.90 Å². The second-order valence-corrected chi connectivity index (χ2v) is 10.9. The fourth-order valence-electron chi connectivity index (χ4n) is 4.91. The summed E-state index contributed by atoms with van der Waals surface area (Å²) in [6.45, 7) is 6.24. The van der Waals surface area contributed by atoms with E-state index in [1.165, 1.54) is 23.4 Å². The van der Waals surface area contributed by atoms with Crippen LogP contribution in [-0.4, -0.2) is 66.0 Å². The van der Waals surface area contributed by atoms with Crippen molar-refractivity contribution < 1.29 is 18.0 Å². The minimum absolute atomic E-state index is 0.104. The minimum atomic E-state index is -4.28. The molecule has 196 valence electrons. The maximum atomic E-state index is 12.9. The number of aryl methyl sites for hydroxylation is 1. The van der Waals surface area contributed by atoms with E-state index in [9.17, 15) is 18.0 Å². The Morgan fingerprint density at radius 1 is 0.917 bits per heavy atom. The van der Waals surface area contributed by atoms with Gasteiger partial charge in [-0.1, -0.05) is 17.7 Å². The summed E-state index contributed by atoms with van der Waals surface area (Å²) >= 11 is -0.111. The lowest BCUT2D eigenvalue weighted by atomic mass is 10.0. The molecule has 1 amide bonds. The number of benzene rings is 2. The third-order valence-electron chi connectivity index (χ3n) is 6.88. The number of carbonyl (C=O) groups is 1. The van der Waals surface area contributed by atoms with Gasteiger partial charge in [-0.15, -0.1) is 0 Å². The van der Waals surface area contributed by atoms with Crippen LogP contribution in [0.25, 0.3) is 0 Å². The normalized spacial score (nSPS) is 19.8. The van der Waals surface area contributed by atoms with E-state index in [4.69, 9.17) is 0 Å². The van der Waals surface area contributed by atoms with Gasteiger partial charge in [0.2, 0.25) is 5.91 Å². The topological polar surface area (TPSA) is 47.6 Å². The van der Waals surface area contributed by atoms with Crippen LogP contribution < -0.4 is 10.6 Å². The molecule has 9 heteroatoms. The number of alkyl halides is 3. The van der Waals surface area contributed by atoms with Gasteiger partial charge in [-0.05, 0) is 80.8 Å². The molecule has 0 unspecified atom stereocenters. The fourth-order valence-corrected chi connectivity index (χ4v) is 5.45. The molecule has 0 bridgehead atoms. The van der Waals surface area contributed by atoms with Crippen molar-refractivity contribution >= 4 is 29.0 Å². The van der Waals surface area contributed by atoms with Gasteiger partial charge in [0.1, 0.15) is 0 Å². The predicted molar refractivity (Wildman–Crippen MR) is 140 cm³/mol. The average Bonchev–Trinajstić information content (AvgIpc) is 2.85. The number of nitrogens with one attached hydrogen (secondary N) is 2. The molecule has 0 spiro atoms. The van der Waals surface area contributed by atoms with E-state index in [2.05, 4.69) is 46.7 Å². The van der Waals surface area contributed by atoms with Gasteiger partial charge in [-0.2, -0.15) is 13.2 Å². The SMILES string of the molecule is Cc1ccc(NC2CCN(CCC(=O)N3CCC[C@H](Nc4ccc(SC(F)(F)F)cc4)C3)CC2)cc1. The molecule has 0 saturated carbocycles. The van der Waals surface area contributed by atoms with Crippen LogP contribution in [0.4, 0.5) is 24.5 Å². The smallest absolute Gasteiger partial charge is 0.382 e. The Morgan fingerprint density at radius 2 is 1.53 bits per heavy atom. The van der Waals surface area contributed by atoms with Crippen molar-refractivity contribution in [3.63, 3.8) is 0 Å². The van der Waals surface area contributed by atoms with Crippen LogP contribution in [0.5, 0.6) is 0 Å². The summed E-state index contributed by atoms with van der Waals surface area (Å²) in [5.74, 6) is 0.179. The summed E-state index contributed by atoms with van der Waals surface area (Å²) in [7, 11) is 0. The largest absolute Gasteiger partial charge is 0.446 e. The first kappa shape index (κ1) is 26.7. The molecule has 1 atom stereocenters. The van der Waals surface area contributed by atoms with Crippen molar-refractivity contribution in [1.82, 2.24) is 9.80 Å². The zero-order valence-electron chi connectivity index (χ0n) is 20.7. The molecule has 4 rings (SSSR count). The van der Waals surface area contributed by atoms with Gasteiger partial charge < -0.3 is 20.4 Å². The summed E-state index contributed by atoms with van der Waals surface area (Å²) in [4.78, 5) is 17.4. The zero-order valence-corrected chi connectivity index (χ0v) is 21.5. The molecular formula is C27H35F3N4OS. The Morgan fingerprint density at radius 3 is 2.17 bits per heavy atom. The lowest BCUT2D eigenvalue weighted by molar-refractivity contribution is -0.132. The van der Waals surface area contributed by atoms with E-state index in [-0.39, 0.29) is 28.6 Å². The number of piperidine rings is 2. The van der Waals surface area contributed by atoms with E-state index < -0.39 is 5.51 Å². The molecule has 2 aromatic rings. The highest BCUT2D eigenvalue weighted by Crippen LogP contribution is 2.37. The van der Waals surface area contributed by atoms with Crippen molar-refractivity contribution in [3.05, 3.63) is 54.1 Å². The van der Waals surface area contributed by atoms with Crippen LogP contribution in [-0.2, 0) is 4.79 Å². The molecule has 0 radical (unpaired) electrons. The molecule has 0 aliphatic carbocycles. The number of carbonyl (C=O) groups excluding carboxylic acids is 1. The Labute approximate surface area is 215 Å². The lowest BCUT2D eigenvalue weighted by Crippen LogP contribution is -2.46. The Hall–Kier alpha value is -2.39. The molecular weight excluding hydrogens is 485 g/mol. The number of halogens is 3. The van der Waals surface area contributed by atoms with Crippen molar-refractivity contribution in [3.8, 4) is 0 Å². The fraction of sp³-hybridized carbons (Fsp3) is 0.519. The van der Waals surface area contributed by atoms with Crippen LogP contribution in [0, 0.1) is 6.92 Å². The summed E-state index contributed by atoms with van der Waals surface area (Å²) in [6.07, 6.45) is 4.51. The molecule has 2 fully saturated rings. The van der Waals surface area contributed by atoms with Crippen LogP contribution in [0.15, 0.2) is 53.4 Å². The van der Waals surface area contributed by atoms with E-state index in [1.54, 1.807) is 12.1 Å². The first-order valence-corrected chi connectivity index (χ1v) is 13.5. The van der Waals surface area contributed by atoms with Crippen LogP contribution in [0.2, 0.25) is 0 Å². The molecule has 2 aromatic carbocycles. The van der Waals surface area contributed by atoms with Crippen molar-refractivity contribution in [2.75, 3.05) is 43.4 Å². The molecule has 2 aliphatic heterocycles. The lowest BCUT2D eigenvalue weighted by Gasteiger charge is -2.35. The molecule has 5 nitrogen and oxygen atoms in total. The molecule has 2 N–H and O–H groups in total. The standard InChI is InChI=1S/C27H35F3N4OS/c1-20-4-6-21(7-5-20)31-23-12-16-33(17-13-23)18-14-26(35)34-15-2-3-24(19-34)32-22-8-10-25(11-9-22)36-27(28,29)30/h4-11,23-24,31-32H,2-3,12-19H2,1H3/t24-/m0/s1. The molecule has 2 aliphatic rings. The summed E-state index contributed by atoms with van der Waals surface area (Å²) in [5.41, 5.74) is -1.08. The quantitative estimate of drug-likeness (QED) is 0.420. The average molecular weight is 521 g/mol. The van der Waals surface area contributed by atoms with E-state index >= 15 is 0 Å². The molecule has 2 heterocycles. The summed E-state index contributed by atoms with van der Waals surface area (Å²) in [6, 6.07) is 15.4. The van der Waals surface area contributed by atoms with Crippen LogP contribution in [0.3, 0.4) is 0 Å². The highest BCUT2D eigenvalue weighted by molar-refractivity contribution is 8.00. The molecule has 0 aromatic heterocycles. The van der Waals surface area contributed by atoms with Gasteiger partial charge in [0.15, 0.2) is 0 Å². The number of hydrogen-bond acceptors (Lipinski definition) is 5. The van der Waals surface area contributed by atoms with Gasteiger partial charge in [0.05, 0.1) is 0 Å². The maximum absolute atomic E-state index is 12.9. The molecule has 2 saturated heterocycles. The van der Waals surface area contributed by atoms with Gasteiger partial charge in [-0.25, -0.2) is 0 Å². The number of likely N-dealkylation sites (tertiary alicyclic amines) is 2. The number of thioether (sulfide) groups is 1. The van der Waals surface area contributed by atoms with Gasteiger partial charge in [0.25, 0.3) is 0 Å². The number of amides is 1. The molecule has 36 heavy (non-hydrogen) atoms. The number of anilines is 2. The number of hydrogen-bond donors (Lipinski definition) is 2. The third kappa shape index (κ3) is 8.34. The first-order chi connectivity index (χ1) is 17.2. The highest BCUT2D eigenvalue weighted by Gasteiger charge is 2.29. The summed E-state index contributed by atoms with van der Waals surface area (Å²) < 4.78 is 37.6. The second kappa shape index (κ2) is 12.2. The summed E-state index contributed by atoms with van der Waals surface area (Å²) in [5, 5.41) is 7.01. The van der Waals surface area contributed by atoms with Gasteiger partial charge >= 0.3 is 5.51 Å². The Bertz CT molecular complexity index is 976. The van der Waals surface area contributed by atoms with E-state index in [0.29, 0.717) is 19.0 Å². The first-order valence-electron chi connectivity index (χ1n) is 12.7.